The van der Waals surface area contributed by atoms with Crippen LogP contribution in [0.25, 0.3) is 0 Å². The van der Waals surface area contributed by atoms with Gasteiger partial charge in [-0.25, -0.2) is 0 Å². The lowest BCUT2D eigenvalue weighted by molar-refractivity contribution is -0.117. The lowest BCUT2D eigenvalue weighted by Crippen LogP contribution is -2.31. The Balaban J connectivity index is 1.77. The van der Waals surface area contributed by atoms with Crippen molar-refractivity contribution in [3.63, 3.8) is 0 Å². The molecular weight excluding hydrogens is 254 g/mol. The molecule has 1 aliphatic heterocycles. The molecule has 0 bridgehead atoms. The van der Waals surface area contributed by atoms with E-state index in [-0.39, 0.29) is 12.5 Å². The molecular formula is C15H23N3O2. The summed E-state index contributed by atoms with van der Waals surface area (Å²) in [7, 11) is 0. The third-order valence-electron chi connectivity index (χ3n) is 3.75. The van der Waals surface area contributed by atoms with Crippen LogP contribution in [0.2, 0.25) is 0 Å². The molecule has 1 heterocycles. The first-order chi connectivity index (χ1) is 9.71. The van der Waals surface area contributed by atoms with E-state index in [0.29, 0.717) is 19.0 Å². The minimum Gasteiger partial charge on any atom is -0.396 e. The number of nitrogens with zero attached hydrogens (tertiary/aromatic N) is 1. The van der Waals surface area contributed by atoms with E-state index in [1.165, 1.54) is 0 Å². The first kappa shape index (κ1) is 15.0. The molecule has 0 saturated carbocycles. The number of carbonyl (C=O) groups is 1. The van der Waals surface area contributed by atoms with E-state index < -0.39 is 0 Å². The maximum Gasteiger partial charge on any atom is 0.238 e. The zero-order valence-corrected chi connectivity index (χ0v) is 11.7. The Morgan fingerprint density at radius 1 is 1.40 bits per heavy atom. The van der Waals surface area contributed by atoms with Gasteiger partial charge in [0.2, 0.25) is 5.91 Å². The molecule has 1 atom stereocenters. The third kappa shape index (κ3) is 4.30. The van der Waals surface area contributed by atoms with Crippen molar-refractivity contribution in [2.45, 2.75) is 19.4 Å². The summed E-state index contributed by atoms with van der Waals surface area (Å²) in [6.07, 6.45) is 1.90. The van der Waals surface area contributed by atoms with Gasteiger partial charge >= 0.3 is 0 Å². The number of hydrogen-bond acceptors (Lipinski definition) is 4. The normalized spacial score (nSPS) is 19.2. The molecule has 1 aromatic carbocycles. The third-order valence-corrected chi connectivity index (χ3v) is 3.75. The second kappa shape index (κ2) is 7.38. The van der Waals surface area contributed by atoms with Crippen LogP contribution in [0, 0.1) is 5.92 Å². The van der Waals surface area contributed by atoms with E-state index in [4.69, 9.17) is 10.8 Å². The van der Waals surface area contributed by atoms with Crippen LogP contribution in [0.5, 0.6) is 0 Å². The van der Waals surface area contributed by atoms with E-state index in [2.05, 4.69) is 10.2 Å². The van der Waals surface area contributed by atoms with Gasteiger partial charge in [0.25, 0.3) is 0 Å². The Morgan fingerprint density at radius 3 is 2.80 bits per heavy atom. The van der Waals surface area contributed by atoms with Crippen LogP contribution < -0.4 is 11.1 Å². The summed E-state index contributed by atoms with van der Waals surface area (Å²) >= 11 is 0. The van der Waals surface area contributed by atoms with Crippen molar-refractivity contribution in [2.24, 2.45) is 11.7 Å². The van der Waals surface area contributed by atoms with Gasteiger partial charge in [0.05, 0.1) is 6.54 Å². The molecule has 5 nitrogen and oxygen atoms in total. The van der Waals surface area contributed by atoms with E-state index in [1.807, 2.05) is 24.3 Å². The molecule has 4 N–H and O–H groups in total. The fraction of sp³-hybridized carbons (Fsp3) is 0.533. The predicted octanol–water partition coefficient (Wildman–Crippen LogP) is 0.788. The molecule has 0 aliphatic carbocycles. The summed E-state index contributed by atoms with van der Waals surface area (Å²) in [5.41, 5.74) is 7.39. The number of likely N-dealkylation sites (tertiary alicyclic amines) is 1. The lowest BCUT2D eigenvalue weighted by Gasteiger charge is -2.15. The summed E-state index contributed by atoms with van der Waals surface area (Å²) in [6.45, 7) is 3.00. The van der Waals surface area contributed by atoms with Gasteiger partial charge in [-0.05, 0) is 43.0 Å². The number of hydrogen-bond donors (Lipinski definition) is 3. The zero-order chi connectivity index (χ0) is 14.4. The Labute approximate surface area is 119 Å². The molecule has 1 amide bonds. The number of aliphatic hydroxyl groups is 1. The maximum absolute atomic E-state index is 12.0. The average molecular weight is 277 g/mol. The van der Waals surface area contributed by atoms with Crippen molar-refractivity contribution in [1.29, 1.82) is 0 Å². The van der Waals surface area contributed by atoms with Crippen LogP contribution in [-0.4, -0.2) is 42.2 Å². The van der Waals surface area contributed by atoms with Crippen LogP contribution in [0.15, 0.2) is 24.3 Å². The van der Waals surface area contributed by atoms with Crippen LogP contribution in [0.4, 0.5) is 5.69 Å². The van der Waals surface area contributed by atoms with Gasteiger partial charge in [-0.2, -0.15) is 0 Å². The fourth-order valence-corrected chi connectivity index (χ4v) is 2.60. The molecule has 1 unspecified atom stereocenters. The number of nitrogens with two attached hydrogens (primary N) is 1. The standard InChI is InChI=1S/C15H23N3O2/c16-9-12-1-3-14(4-2-12)17-15(20)11-18-7-5-13(10-18)6-8-19/h1-4,13,19H,5-11,16H2,(H,17,20). The highest BCUT2D eigenvalue weighted by Gasteiger charge is 2.23. The lowest BCUT2D eigenvalue weighted by atomic mass is 10.1. The molecule has 0 radical (unpaired) electrons. The Kier molecular flexibility index (Phi) is 5.52. The molecule has 2 rings (SSSR count). The number of amides is 1. The van der Waals surface area contributed by atoms with Gasteiger partial charge < -0.3 is 16.2 Å². The SMILES string of the molecule is NCc1ccc(NC(=O)CN2CCC(CCO)C2)cc1. The molecule has 1 aliphatic rings. The summed E-state index contributed by atoms with van der Waals surface area (Å²) in [6, 6.07) is 7.59. The number of benzene rings is 1. The second-order valence-electron chi connectivity index (χ2n) is 5.35. The molecule has 1 aromatic rings. The average Bonchev–Trinajstić information content (AvgIpc) is 2.87. The van der Waals surface area contributed by atoms with Gasteiger partial charge in [0.15, 0.2) is 0 Å². The van der Waals surface area contributed by atoms with Crippen LogP contribution in [0.3, 0.4) is 0 Å². The molecule has 1 saturated heterocycles. The van der Waals surface area contributed by atoms with Crippen molar-refractivity contribution in [3.8, 4) is 0 Å². The number of anilines is 1. The largest absolute Gasteiger partial charge is 0.396 e. The van der Waals surface area contributed by atoms with Crippen LogP contribution >= 0.6 is 0 Å². The topological polar surface area (TPSA) is 78.6 Å². The van der Waals surface area contributed by atoms with Gasteiger partial charge in [0.1, 0.15) is 0 Å². The van der Waals surface area contributed by atoms with Gasteiger partial charge in [-0.3, -0.25) is 9.69 Å². The highest BCUT2D eigenvalue weighted by molar-refractivity contribution is 5.92. The first-order valence-corrected chi connectivity index (χ1v) is 7.13. The van der Waals surface area contributed by atoms with Gasteiger partial charge in [0, 0.05) is 25.4 Å². The highest BCUT2D eigenvalue weighted by atomic mass is 16.3. The van der Waals surface area contributed by atoms with E-state index in [1.54, 1.807) is 0 Å². The summed E-state index contributed by atoms with van der Waals surface area (Å²) in [5.74, 6) is 0.534. The summed E-state index contributed by atoms with van der Waals surface area (Å²) in [5, 5.41) is 11.8. The Bertz CT molecular complexity index is 433. The van der Waals surface area contributed by atoms with Gasteiger partial charge in [-0.15, -0.1) is 0 Å². The Hall–Kier alpha value is -1.43. The van der Waals surface area contributed by atoms with Crippen molar-refractivity contribution in [1.82, 2.24) is 4.90 Å². The van der Waals surface area contributed by atoms with Crippen molar-refractivity contribution in [2.75, 3.05) is 31.6 Å². The van der Waals surface area contributed by atoms with E-state index in [9.17, 15) is 4.79 Å². The minimum atomic E-state index is 0.00940. The minimum absolute atomic E-state index is 0.00940. The second-order valence-corrected chi connectivity index (χ2v) is 5.35. The number of nitrogens with one attached hydrogen (secondary N) is 1. The molecule has 1 fully saturated rings. The molecule has 20 heavy (non-hydrogen) atoms. The molecule has 5 heteroatoms. The quantitative estimate of drug-likeness (QED) is 0.718. The first-order valence-electron chi connectivity index (χ1n) is 7.13. The molecule has 0 aromatic heterocycles. The monoisotopic (exact) mass is 277 g/mol. The highest BCUT2D eigenvalue weighted by Crippen LogP contribution is 2.18. The van der Waals surface area contributed by atoms with Crippen molar-refractivity contribution < 1.29 is 9.90 Å². The predicted molar refractivity (Wildman–Crippen MR) is 79.2 cm³/mol. The summed E-state index contributed by atoms with van der Waals surface area (Å²) < 4.78 is 0. The van der Waals surface area contributed by atoms with Crippen molar-refractivity contribution >= 4 is 11.6 Å². The van der Waals surface area contributed by atoms with E-state index >= 15 is 0 Å². The summed E-state index contributed by atoms with van der Waals surface area (Å²) in [4.78, 5) is 14.1. The Morgan fingerprint density at radius 2 is 2.15 bits per heavy atom. The molecule has 110 valence electrons. The number of rotatable bonds is 6. The van der Waals surface area contributed by atoms with Crippen molar-refractivity contribution in [3.05, 3.63) is 29.8 Å². The fourth-order valence-electron chi connectivity index (χ4n) is 2.60. The smallest absolute Gasteiger partial charge is 0.238 e. The molecule has 0 spiro atoms. The zero-order valence-electron chi connectivity index (χ0n) is 11.7. The maximum atomic E-state index is 12.0. The van der Waals surface area contributed by atoms with Crippen LogP contribution in [-0.2, 0) is 11.3 Å². The van der Waals surface area contributed by atoms with E-state index in [0.717, 1.165) is 37.2 Å². The van der Waals surface area contributed by atoms with Gasteiger partial charge in [-0.1, -0.05) is 12.1 Å². The van der Waals surface area contributed by atoms with Crippen LogP contribution in [0.1, 0.15) is 18.4 Å². The number of carbonyl (C=O) groups excluding carboxylic acids is 1. The number of aliphatic hydroxyl groups excluding tert-OH is 1.